The van der Waals surface area contributed by atoms with Crippen molar-refractivity contribution in [2.75, 3.05) is 41.7 Å². The molecule has 0 spiro atoms. The highest BCUT2D eigenvalue weighted by molar-refractivity contribution is 6.11. The minimum Gasteiger partial charge on any atom is -0.384 e. The van der Waals surface area contributed by atoms with Crippen molar-refractivity contribution in [1.82, 2.24) is 15.0 Å². The maximum Gasteiger partial charge on any atom is 0.156 e. The van der Waals surface area contributed by atoms with Crippen molar-refractivity contribution in [2.45, 2.75) is 39.2 Å². The normalized spacial score (nSPS) is 20.3. The van der Waals surface area contributed by atoms with E-state index in [-0.39, 0.29) is 5.41 Å². The van der Waals surface area contributed by atoms with Crippen LogP contribution in [0.5, 0.6) is 0 Å². The lowest BCUT2D eigenvalue weighted by molar-refractivity contribution is 0.258. The number of hydrogen-bond acceptors (Lipinski definition) is 8. The van der Waals surface area contributed by atoms with Crippen molar-refractivity contribution < 1.29 is 0 Å². The van der Waals surface area contributed by atoms with Gasteiger partial charge in [-0.3, -0.25) is 4.99 Å². The van der Waals surface area contributed by atoms with Gasteiger partial charge in [0.1, 0.15) is 17.3 Å². The van der Waals surface area contributed by atoms with E-state index in [4.69, 9.17) is 26.4 Å². The zero-order chi connectivity index (χ0) is 20.0. The number of aromatic nitrogens is 3. The Bertz CT molecular complexity index is 961. The number of amidine groups is 1. The molecule has 0 aromatic carbocycles. The number of aryl methyl sites for hydroxylation is 1. The molecule has 0 radical (unpaired) electrons. The van der Waals surface area contributed by atoms with E-state index in [0.717, 1.165) is 86.3 Å². The van der Waals surface area contributed by atoms with Crippen molar-refractivity contribution in [3.8, 4) is 0 Å². The van der Waals surface area contributed by atoms with Crippen LogP contribution < -0.4 is 21.3 Å². The number of pyridine rings is 1. The number of aliphatic imine (C=N–C) groups is 1. The van der Waals surface area contributed by atoms with E-state index in [2.05, 4.69) is 21.7 Å². The second kappa shape index (κ2) is 6.95. The van der Waals surface area contributed by atoms with Crippen molar-refractivity contribution in [1.29, 1.82) is 0 Å². The highest BCUT2D eigenvalue weighted by Crippen LogP contribution is 2.33. The summed E-state index contributed by atoms with van der Waals surface area (Å²) in [5.41, 5.74) is 16.0. The molecule has 8 nitrogen and oxygen atoms in total. The first kappa shape index (κ1) is 18.3. The summed E-state index contributed by atoms with van der Waals surface area (Å²) in [7, 11) is 0. The molecule has 29 heavy (non-hydrogen) atoms. The van der Waals surface area contributed by atoms with Crippen molar-refractivity contribution in [2.24, 2.45) is 16.1 Å². The van der Waals surface area contributed by atoms with Gasteiger partial charge in [-0.1, -0.05) is 6.92 Å². The molecule has 4 N–H and O–H groups in total. The Balaban J connectivity index is 1.38. The molecule has 1 saturated heterocycles. The number of fused-ring (bicyclic) bond motifs is 2. The first-order chi connectivity index (χ1) is 14.1. The van der Waals surface area contributed by atoms with Crippen molar-refractivity contribution in [3.63, 3.8) is 0 Å². The van der Waals surface area contributed by atoms with Gasteiger partial charge in [-0.25, -0.2) is 15.0 Å². The maximum atomic E-state index is 5.95. The van der Waals surface area contributed by atoms with Crippen LogP contribution in [0.2, 0.25) is 0 Å². The van der Waals surface area contributed by atoms with Crippen LogP contribution in [0.4, 0.5) is 17.3 Å². The predicted molar refractivity (Wildman–Crippen MR) is 115 cm³/mol. The van der Waals surface area contributed by atoms with Crippen LogP contribution in [0, 0.1) is 5.41 Å². The summed E-state index contributed by atoms with van der Waals surface area (Å²) >= 11 is 0. The van der Waals surface area contributed by atoms with Crippen LogP contribution in [-0.2, 0) is 13.0 Å². The van der Waals surface area contributed by atoms with E-state index in [1.165, 1.54) is 0 Å². The van der Waals surface area contributed by atoms with Gasteiger partial charge >= 0.3 is 0 Å². The van der Waals surface area contributed by atoms with Crippen LogP contribution in [0.3, 0.4) is 0 Å². The third-order valence-corrected chi connectivity index (χ3v) is 6.52. The fourth-order valence-corrected chi connectivity index (χ4v) is 4.47. The number of nitrogen functional groups attached to an aromatic ring is 1. The van der Waals surface area contributed by atoms with E-state index in [1.54, 1.807) is 0 Å². The highest BCUT2D eigenvalue weighted by atomic mass is 15.3. The van der Waals surface area contributed by atoms with Gasteiger partial charge in [0.25, 0.3) is 0 Å². The topological polar surface area (TPSA) is 110 Å². The van der Waals surface area contributed by atoms with E-state index in [1.807, 2.05) is 18.3 Å². The van der Waals surface area contributed by atoms with Crippen LogP contribution in [0.25, 0.3) is 0 Å². The van der Waals surface area contributed by atoms with Crippen LogP contribution in [-0.4, -0.2) is 47.0 Å². The minimum atomic E-state index is 0.246. The molecular formula is C21H28N8. The molecule has 0 unspecified atom stereocenters. The van der Waals surface area contributed by atoms with Crippen molar-refractivity contribution in [3.05, 3.63) is 35.4 Å². The van der Waals surface area contributed by atoms with Crippen molar-refractivity contribution >= 4 is 23.2 Å². The summed E-state index contributed by atoms with van der Waals surface area (Å²) in [6.45, 7) is 6.45. The van der Waals surface area contributed by atoms with Gasteiger partial charge in [0.05, 0.1) is 29.8 Å². The number of nitrogens with zero attached hydrogens (tertiary/aromatic N) is 6. The van der Waals surface area contributed by atoms with E-state index < -0.39 is 0 Å². The molecule has 0 bridgehead atoms. The molecule has 0 saturated carbocycles. The summed E-state index contributed by atoms with van der Waals surface area (Å²) in [5, 5.41) is 0. The Morgan fingerprint density at radius 2 is 1.93 bits per heavy atom. The van der Waals surface area contributed by atoms with Crippen LogP contribution >= 0.6 is 0 Å². The summed E-state index contributed by atoms with van der Waals surface area (Å²) in [5.74, 6) is 2.42. The first-order valence-corrected chi connectivity index (χ1v) is 10.4. The Morgan fingerprint density at radius 3 is 2.72 bits per heavy atom. The first-order valence-electron chi connectivity index (χ1n) is 10.4. The average Bonchev–Trinajstić information content (AvgIpc) is 3.16. The largest absolute Gasteiger partial charge is 0.384 e. The smallest absolute Gasteiger partial charge is 0.156 e. The molecule has 3 aliphatic rings. The van der Waals surface area contributed by atoms with Gasteiger partial charge < -0.3 is 21.3 Å². The molecule has 5 heterocycles. The van der Waals surface area contributed by atoms with Gasteiger partial charge in [0, 0.05) is 19.6 Å². The van der Waals surface area contributed by atoms with Gasteiger partial charge in [0.15, 0.2) is 5.84 Å². The molecule has 8 heteroatoms. The Kier molecular flexibility index (Phi) is 4.38. The summed E-state index contributed by atoms with van der Waals surface area (Å²) in [6.07, 6.45) is 6.04. The van der Waals surface area contributed by atoms with Gasteiger partial charge in [0.2, 0.25) is 0 Å². The quantitative estimate of drug-likeness (QED) is 0.801. The third-order valence-electron chi connectivity index (χ3n) is 6.52. The lowest BCUT2D eigenvalue weighted by Gasteiger charge is -2.39. The number of rotatable bonds is 2. The van der Waals surface area contributed by atoms with Crippen LogP contribution in [0.15, 0.2) is 23.3 Å². The summed E-state index contributed by atoms with van der Waals surface area (Å²) < 4.78 is 0. The zero-order valence-electron chi connectivity index (χ0n) is 16.9. The third kappa shape index (κ3) is 3.21. The molecule has 2 aromatic rings. The van der Waals surface area contributed by atoms with Gasteiger partial charge in [-0.05, 0) is 49.8 Å². The minimum absolute atomic E-state index is 0.246. The molecule has 1 fully saturated rings. The molecular weight excluding hydrogens is 364 g/mol. The number of hydrogen-bond donors (Lipinski definition) is 2. The summed E-state index contributed by atoms with van der Waals surface area (Å²) in [4.78, 5) is 23.6. The zero-order valence-corrected chi connectivity index (χ0v) is 16.9. The molecule has 0 atom stereocenters. The SMILES string of the molecule is CC1(CN)CCN(c2cnc3c(n2)CN=C3N2CCCc3nc(N)ccc32)CC1. The van der Waals surface area contributed by atoms with E-state index in [0.29, 0.717) is 12.4 Å². The molecule has 5 rings (SSSR count). The fourth-order valence-electron chi connectivity index (χ4n) is 4.47. The number of anilines is 3. The fraction of sp³-hybridized carbons (Fsp3) is 0.524. The molecule has 3 aliphatic heterocycles. The van der Waals surface area contributed by atoms with Gasteiger partial charge in [-0.15, -0.1) is 0 Å². The lowest BCUT2D eigenvalue weighted by Crippen LogP contribution is -2.42. The Morgan fingerprint density at radius 1 is 1.10 bits per heavy atom. The Hall–Kier alpha value is -2.74. The predicted octanol–water partition coefficient (Wildman–Crippen LogP) is 1.73. The van der Waals surface area contributed by atoms with E-state index in [9.17, 15) is 0 Å². The molecule has 0 aliphatic carbocycles. The maximum absolute atomic E-state index is 5.95. The number of piperidine rings is 1. The average molecular weight is 393 g/mol. The second-order valence-electron chi connectivity index (χ2n) is 8.62. The second-order valence-corrected chi connectivity index (χ2v) is 8.62. The monoisotopic (exact) mass is 392 g/mol. The standard InChI is InChI=1S/C21H28N8/c1-21(13-22)6-9-28(10-7-21)18-12-24-19-15(27-18)11-25-20(19)29-8-2-3-14-16(29)4-5-17(23)26-14/h4-5,12H,2-3,6-11,13,22H2,1H3,(H2,23,26). The molecule has 152 valence electrons. The molecule has 2 aromatic heterocycles. The lowest BCUT2D eigenvalue weighted by atomic mass is 9.80. The molecule has 0 amide bonds. The Labute approximate surface area is 171 Å². The van der Waals surface area contributed by atoms with Crippen LogP contribution in [0.1, 0.15) is 43.3 Å². The highest BCUT2D eigenvalue weighted by Gasteiger charge is 2.32. The number of nitrogens with two attached hydrogens (primary N) is 2. The van der Waals surface area contributed by atoms with Gasteiger partial charge in [-0.2, -0.15) is 0 Å². The summed E-state index contributed by atoms with van der Waals surface area (Å²) in [6, 6.07) is 3.90. The van der Waals surface area contributed by atoms with E-state index >= 15 is 0 Å².